The molecule has 1 aromatic carbocycles. The summed E-state index contributed by atoms with van der Waals surface area (Å²) in [6.45, 7) is 2.56. The van der Waals surface area contributed by atoms with Crippen LogP contribution in [0.4, 0.5) is 11.4 Å². The number of benzene rings is 1. The zero-order chi connectivity index (χ0) is 18.4. The minimum Gasteiger partial charge on any atom is -0.497 e. The van der Waals surface area contributed by atoms with Crippen molar-refractivity contribution < 1.29 is 9.53 Å². The number of rotatable bonds is 4. The van der Waals surface area contributed by atoms with Crippen molar-refractivity contribution in [1.29, 1.82) is 0 Å². The van der Waals surface area contributed by atoms with Gasteiger partial charge in [0.25, 0.3) is 0 Å². The fourth-order valence-corrected chi connectivity index (χ4v) is 3.92. The van der Waals surface area contributed by atoms with Crippen molar-refractivity contribution in [3.05, 3.63) is 42.9 Å². The average molecular weight is 363 g/mol. The molecule has 0 radical (unpaired) electrons. The highest BCUT2D eigenvalue weighted by Crippen LogP contribution is 2.34. The third-order valence-electron chi connectivity index (χ3n) is 5.48. The van der Waals surface area contributed by atoms with Gasteiger partial charge in [-0.1, -0.05) is 0 Å². The first-order chi connectivity index (χ1) is 13.2. The van der Waals surface area contributed by atoms with E-state index in [1.165, 1.54) is 0 Å². The number of methoxy groups -OCH3 is 1. The third kappa shape index (κ3) is 2.70. The Balaban J connectivity index is 1.34. The highest BCUT2D eigenvalue weighted by Gasteiger charge is 2.31. The van der Waals surface area contributed by atoms with Gasteiger partial charge in [-0.15, -0.1) is 0 Å². The summed E-state index contributed by atoms with van der Waals surface area (Å²) in [6.07, 6.45) is 7.22. The van der Waals surface area contributed by atoms with E-state index >= 15 is 0 Å². The Hall–Kier alpha value is -3.09. The van der Waals surface area contributed by atoms with Crippen LogP contribution in [0, 0.1) is 0 Å². The summed E-state index contributed by atoms with van der Waals surface area (Å²) in [4.78, 5) is 20.5. The Labute approximate surface area is 157 Å². The minimum absolute atomic E-state index is 0.196. The number of hydrogen-bond donors (Lipinski definition) is 0. The van der Waals surface area contributed by atoms with Crippen molar-refractivity contribution in [3.8, 4) is 5.75 Å². The SMILES string of the molecule is COc1ccc2nccc(N3CC(n4cc(N5CCCC5=O)cn4)C3)c2c1. The molecule has 0 bridgehead atoms. The number of nitrogens with zero attached hydrogens (tertiary/aromatic N) is 5. The summed E-state index contributed by atoms with van der Waals surface area (Å²) in [5, 5.41) is 5.60. The molecular weight excluding hydrogens is 342 g/mol. The number of amides is 1. The van der Waals surface area contributed by atoms with E-state index in [0.717, 1.165) is 54.1 Å². The van der Waals surface area contributed by atoms with Crippen molar-refractivity contribution in [2.75, 3.05) is 36.5 Å². The van der Waals surface area contributed by atoms with E-state index in [1.54, 1.807) is 13.3 Å². The number of hydrogen-bond acceptors (Lipinski definition) is 5. The minimum atomic E-state index is 0.196. The summed E-state index contributed by atoms with van der Waals surface area (Å²) in [6, 6.07) is 8.32. The summed E-state index contributed by atoms with van der Waals surface area (Å²) < 4.78 is 7.35. The van der Waals surface area contributed by atoms with E-state index in [1.807, 2.05) is 40.2 Å². The lowest BCUT2D eigenvalue weighted by Gasteiger charge is -2.41. The zero-order valence-electron chi connectivity index (χ0n) is 15.2. The molecule has 2 aliphatic rings. The Bertz CT molecular complexity index is 1010. The quantitative estimate of drug-likeness (QED) is 0.713. The van der Waals surface area contributed by atoms with Crippen molar-refractivity contribution in [2.24, 2.45) is 0 Å². The van der Waals surface area contributed by atoms with Gasteiger partial charge in [0.2, 0.25) is 5.91 Å². The van der Waals surface area contributed by atoms with Gasteiger partial charge in [-0.05, 0) is 30.7 Å². The molecule has 3 aromatic rings. The Morgan fingerprint density at radius 2 is 2.11 bits per heavy atom. The van der Waals surface area contributed by atoms with Gasteiger partial charge in [0, 0.05) is 49.5 Å². The molecule has 7 nitrogen and oxygen atoms in total. The Kier molecular flexibility index (Phi) is 3.74. The molecule has 0 aliphatic carbocycles. The highest BCUT2D eigenvalue weighted by molar-refractivity contribution is 5.95. The molecule has 5 rings (SSSR count). The van der Waals surface area contributed by atoms with Crippen LogP contribution >= 0.6 is 0 Å². The van der Waals surface area contributed by atoms with Crippen molar-refractivity contribution >= 4 is 28.2 Å². The van der Waals surface area contributed by atoms with Crippen LogP contribution in [0.5, 0.6) is 5.75 Å². The van der Waals surface area contributed by atoms with Gasteiger partial charge < -0.3 is 14.5 Å². The predicted octanol–water partition coefficient (Wildman–Crippen LogP) is 2.63. The maximum atomic E-state index is 11.9. The van der Waals surface area contributed by atoms with Gasteiger partial charge in [-0.25, -0.2) is 0 Å². The molecule has 7 heteroatoms. The molecule has 2 fully saturated rings. The molecular formula is C20H21N5O2. The topological polar surface area (TPSA) is 63.5 Å². The summed E-state index contributed by atoms with van der Waals surface area (Å²) in [7, 11) is 1.68. The van der Waals surface area contributed by atoms with Crippen LogP contribution in [-0.4, -0.2) is 47.4 Å². The van der Waals surface area contributed by atoms with Gasteiger partial charge in [0.15, 0.2) is 0 Å². The smallest absolute Gasteiger partial charge is 0.227 e. The van der Waals surface area contributed by atoms with Gasteiger partial charge >= 0.3 is 0 Å². The molecule has 0 unspecified atom stereocenters. The number of carbonyl (C=O) groups excluding carboxylic acids is 1. The summed E-state index contributed by atoms with van der Waals surface area (Å²) in [5.41, 5.74) is 3.04. The second-order valence-corrected chi connectivity index (χ2v) is 7.10. The van der Waals surface area contributed by atoms with E-state index in [4.69, 9.17) is 4.74 Å². The average Bonchev–Trinajstić information content (AvgIpc) is 3.29. The highest BCUT2D eigenvalue weighted by atomic mass is 16.5. The Morgan fingerprint density at radius 1 is 1.22 bits per heavy atom. The first-order valence-electron chi connectivity index (χ1n) is 9.25. The third-order valence-corrected chi connectivity index (χ3v) is 5.48. The van der Waals surface area contributed by atoms with Crippen LogP contribution in [-0.2, 0) is 4.79 Å². The van der Waals surface area contributed by atoms with Crippen LogP contribution in [0.1, 0.15) is 18.9 Å². The molecule has 138 valence electrons. The van der Waals surface area contributed by atoms with Crippen LogP contribution < -0.4 is 14.5 Å². The maximum absolute atomic E-state index is 11.9. The second kappa shape index (κ2) is 6.26. The maximum Gasteiger partial charge on any atom is 0.227 e. The molecule has 0 spiro atoms. The first-order valence-corrected chi connectivity index (χ1v) is 9.25. The second-order valence-electron chi connectivity index (χ2n) is 7.10. The zero-order valence-corrected chi connectivity index (χ0v) is 15.2. The molecule has 4 heterocycles. The number of ether oxygens (including phenoxy) is 1. The van der Waals surface area contributed by atoms with Crippen LogP contribution in [0.25, 0.3) is 10.9 Å². The summed E-state index contributed by atoms with van der Waals surface area (Å²) >= 11 is 0. The van der Waals surface area contributed by atoms with Gasteiger partial charge in [0.05, 0.1) is 30.6 Å². The first kappa shape index (κ1) is 16.1. The van der Waals surface area contributed by atoms with E-state index in [2.05, 4.69) is 21.0 Å². The van der Waals surface area contributed by atoms with Crippen LogP contribution in [0.2, 0.25) is 0 Å². The van der Waals surface area contributed by atoms with Crippen LogP contribution in [0.3, 0.4) is 0 Å². The lowest BCUT2D eigenvalue weighted by Crippen LogP contribution is -2.48. The molecule has 1 amide bonds. The summed E-state index contributed by atoms with van der Waals surface area (Å²) in [5.74, 6) is 1.03. The molecule has 2 aliphatic heterocycles. The lowest BCUT2D eigenvalue weighted by atomic mass is 10.1. The van der Waals surface area contributed by atoms with Gasteiger partial charge in [-0.2, -0.15) is 5.10 Å². The normalized spacial score (nSPS) is 17.6. The number of aromatic nitrogens is 3. The van der Waals surface area contributed by atoms with E-state index in [-0.39, 0.29) is 5.91 Å². The molecule has 0 atom stereocenters. The Morgan fingerprint density at radius 3 is 2.89 bits per heavy atom. The monoisotopic (exact) mass is 363 g/mol. The molecule has 2 aromatic heterocycles. The molecule has 0 N–H and O–H groups in total. The van der Waals surface area contributed by atoms with Crippen molar-refractivity contribution in [2.45, 2.75) is 18.9 Å². The number of anilines is 2. The largest absolute Gasteiger partial charge is 0.497 e. The number of fused-ring (bicyclic) bond motifs is 1. The number of carbonyl (C=O) groups is 1. The molecule has 2 saturated heterocycles. The predicted molar refractivity (Wildman–Crippen MR) is 103 cm³/mol. The van der Waals surface area contributed by atoms with Crippen molar-refractivity contribution in [3.63, 3.8) is 0 Å². The van der Waals surface area contributed by atoms with E-state index in [0.29, 0.717) is 12.5 Å². The lowest BCUT2D eigenvalue weighted by molar-refractivity contribution is -0.117. The number of pyridine rings is 1. The fraction of sp³-hybridized carbons (Fsp3) is 0.350. The van der Waals surface area contributed by atoms with Gasteiger partial charge in [0.1, 0.15) is 5.75 Å². The van der Waals surface area contributed by atoms with Crippen LogP contribution in [0.15, 0.2) is 42.9 Å². The molecule has 27 heavy (non-hydrogen) atoms. The van der Waals surface area contributed by atoms with Crippen molar-refractivity contribution in [1.82, 2.24) is 14.8 Å². The van der Waals surface area contributed by atoms with Gasteiger partial charge in [-0.3, -0.25) is 14.5 Å². The molecule has 0 saturated carbocycles. The van der Waals surface area contributed by atoms with E-state index < -0.39 is 0 Å². The standard InChI is InChI=1S/C20H21N5O2/c1-27-16-4-5-18-17(9-16)19(6-7-21-18)23-11-15(12-23)25-13-14(10-22-25)24-8-2-3-20(24)26/h4-7,9-10,13,15H,2-3,8,11-12H2,1H3. The fourth-order valence-electron chi connectivity index (χ4n) is 3.92. The van der Waals surface area contributed by atoms with E-state index in [9.17, 15) is 4.79 Å².